The largest absolute Gasteiger partial charge is 0.443 e. The van der Waals surface area contributed by atoms with Crippen LogP contribution < -0.4 is 0 Å². The van der Waals surface area contributed by atoms with E-state index in [1.54, 1.807) is 37.9 Å². The molecule has 59 heavy (non-hydrogen) atoms. The third-order valence-corrected chi connectivity index (χ3v) is 15.0. The van der Waals surface area contributed by atoms with Gasteiger partial charge in [0.2, 0.25) is 0 Å². The lowest BCUT2D eigenvalue weighted by Gasteiger charge is -2.44. The molecule has 8 rings (SSSR count). The van der Waals surface area contributed by atoms with Crippen molar-refractivity contribution in [1.29, 1.82) is 0 Å². The number of nitrogens with zero attached hydrogens (tertiary/aromatic N) is 2. The van der Waals surface area contributed by atoms with Gasteiger partial charge in [0.15, 0.2) is 0 Å². The zero-order chi connectivity index (χ0) is 42.1. The van der Waals surface area contributed by atoms with Crippen molar-refractivity contribution >= 4 is 12.2 Å². The van der Waals surface area contributed by atoms with Gasteiger partial charge in [-0.15, -0.1) is 0 Å². The molecule has 2 amide bonds. The molecule has 14 atom stereocenters. The highest BCUT2D eigenvalue weighted by molar-refractivity contribution is 5.69. The van der Waals surface area contributed by atoms with Crippen LogP contribution in [0.3, 0.4) is 0 Å². The van der Waals surface area contributed by atoms with E-state index in [2.05, 4.69) is 46.8 Å². The first-order valence-corrected chi connectivity index (χ1v) is 22.2. The molecular weight excluding hydrogens is 760 g/mol. The zero-order valence-electron chi connectivity index (χ0n) is 36.9. The molecule has 1 N–H and O–H groups in total. The number of amides is 2. The minimum atomic E-state index is -1.04. The van der Waals surface area contributed by atoms with E-state index in [0.29, 0.717) is 65.0 Å². The minimum absolute atomic E-state index is 0.0480. The van der Waals surface area contributed by atoms with E-state index in [4.69, 9.17) is 42.6 Å². The van der Waals surface area contributed by atoms with Gasteiger partial charge in [0, 0.05) is 27.3 Å². The molecule has 14 nitrogen and oxygen atoms in total. The fourth-order valence-electron chi connectivity index (χ4n) is 11.6. The summed E-state index contributed by atoms with van der Waals surface area (Å²) in [5, 5.41) is 10.8. The van der Waals surface area contributed by atoms with Crippen LogP contribution >= 0.6 is 0 Å². The van der Waals surface area contributed by atoms with Crippen LogP contribution in [-0.2, 0) is 42.6 Å². The lowest BCUT2D eigenvalue weighted by atomic mass is 9.67. The zero-order valence-corrected chi connectivity index (χ0v) is 36.9. The predicted octanol–water partition coefficient (Wildman–Crippen LogP) is 5.72. The summed E-state index contributed by atoms with van der Waals surface area (Å²) in [4.78, 5) is 31.0. The van der Waals surface area contributed by atoms with Gasteiger partial charge in [0.05, 0.1) is 68.2 Å². The van der Waals surface area contributed by atoms with Crippen molar-refractivity contribution in [3.8, 4) is 0 Å². The van der Waals surface area contributed by atoms with Gasteiger partial charge in [-0.3, -0.25) is 0 Å². The summed E-state index contributed by atoms with van der Waals surface area (Å²) in [6.45, 7) is 17.0. The topological polar surface area (TPSA) is 157 Å². The van der Waals surface area contributed by atoms with E-state index in [1.165, 1.54) is 11.1 Å². The van der Waals surface area contributed by atoms with Gasteiger partial charge in [0.25, 0.3) is 0 Å². The van der Waals surface area contributed by atoms with Crippen molar-refractivity contribution in [2.45, 2.75) is 183 Å². The Balaban J connectivity index is 0.922. The van der Waals surface area contributed by atoms with E-state index in [1.807, 2.05) is 0 Å². The molecule has 8 fully saturated rings. The van der Waals surface area contributed by atoms with Crippen LogP contribution in [0.4, 0.5) is 9.59 Å². The first kappa shape index (κ1) is 43.4. The van der Waals surface area contributed by atoms with Gasteiger partial charge in [-0.25, -0.2) is 9.59 Å². The maximum Gasteiger partial charge on any atom is 0.410 e. The number of hydrogen-bond donors (Lipinski definition) is 1. The number of epoxide rings is 4. The minimum Gasteiger partial charge on any atom is -0.443 e. The maximum atomic E-state index is 13.8. The standard InChI is InChI=1S/C45H70N2O12/c1-27(2)12-14-33-42(7,58-33)37-35(51-8)30(16-19-43(37)24-54-43)56-39(48)46-22-18-29(23-46)53-26-45(34(59-45)15-13-28(3)4)38-36(52-9)31(17-20-44(38)25-55-44)57-40(49)47-21-10-11-32(47)41(5,6)50/h12-13,29-38,50H,10-11,14-26H2,1-9H3/t29?,30-,31-,32?,33-,34-,35-,36-,37-,38+,42+,43?,44?,45+/m1/s1. The third kappa shape index (κ3) is 8.35. The summed E-state index contributed by atoms with van der Waals surface area (Å²) in [7, 11) is 3.36. The second-order valence-corrected chi connectivity index (χ2v) is 20.0. The number of hydrogen-bond acceptors (Lipinski definition) is 12. The summed E-state index contributed by atoms with van der Waals surface area (Å²) < 4.78 is 57.2. The summed E-state index contributed by atoms with van der Waals surface area (Å²) in [5.41, 5.74) is -0.485. The van der Waals surface area contributed by atoms with Crippen molar-refractivity contribution in [2.24, 2.45) is 11.8 Å². The molecule has 332 valence electrons. The fourth-order valence-corrected chi connectivity index (χ4v) is 11.6. The van der Waals surface area contributed by atoms with Crippen LogP contribution in [0, 0.1) is 11.8 Å². The first-order chi connectivity index (χ1) is 28.0. The third-order valence-electron chi connectivity index (χ3n) is 15.0. The number of likely N-dealkylation sites (tertiary alicyclic amines) is 2. The van der Waals surface area contributed by atoms with Gasteiger partial charge in [-0.1, -0.05) is 23.3 Å². The number of carbonyl (C=O) groups is 2. The molecule has 6 aliphatic heterocycles. The molecule has 0 aromatic carbocycles. The number of aliphatic hydroxyl groups is 1. The number of methoxy groups -OCH3 is 2. The quantitative estimate of drug-likeness (QED) is 0.168. The van der Waals surface area contributed by atoms with Gasteiger partial charge >= 0.3 is 12.2 Å². The maximum absolute atomic E-state index is 13.8. The fraction of sp³-hybridized carbons (Fsp3) is 0.867. The smallest absolute Gasteiger partial charge is 0.410 e. The lowest BCUT2D eigenvalue weighted by Crippen LogP contribution is -2.58. The molecule has 6 heterocycles. The number of rotatable bonds is 14. The highest BCUT2D eigenvalue weighted by atomic mass is 16.7. The highest BCUT2D eigenvalue weighted by Crippen LogP contribution is 2.61. The Hall–Kier alpha value is -2.30. The predicted molar refractivity (Wildman–Crippen MR) is 216 cm³/mol. The molecule has 6 saturated heterocycles. The number of carbonyl (C=O) groups excluding carboxylic acids is 2. The highest BCUT2D eigenvalue weighted by Gasteiger charge is 2.75. The van der Waals surface area contributed by atoms with Crippen molar-refractivity contribution in [2.75, 3.05) is 53.7 Å². The Morgan fingerprint density at radius 2 is 1.37 bits per heavy atom. The Morgan fingerprint density at radius 1 is 0.797 bits per heavy atom. The van der Waals surface area contributed by atoms with Crippen LogP contribution in [0.5, 0.6) is 0 Å². The van der Waals surface area contributed by atoms with Crippen molar-refractivity contribution in [1.82, 2.24) is 9.80 Å². The van der Waals surface area contributed by atoms with Crippen LogP contribution in [0.1, 0.15) is 106 Å². The van der Waals surface area contributed by atoms with E-state index in [-0.39, 0.29) is 60.6 Å². The molecule has 0 aromatic rings. The SMILES string of the molecule is CO[C@@H]1[C@H](OC(=O)N2CCC(OC[C@]3([C@H]4[C@H](OC)[C@H](OC(=O)N5CCCC5C(C)(C)O)CCC45CO5)O[C@@H]3CC=C(C)C)C2)CCC2(CO2)[C@H]1[C@@]1(C)O[C@@H]1CC=C(C)C. The molecule has 0 aromatic heterocycles. The van der Waals surface area contributed by atoms with Crippen LogP contribution in [0.15, 0.2) is 23.3 Å². The Labute approximate surface area is 350 Å². The van der Waals surface area contributed by atoms with Crippen LogP contribution in [0.25, 0.3) is 0 Å². The summed E-state index contributed by atoms with van der Waals surface area (Å²) in [5.74, 6) is -0.302. The molecule has 14 heteroatoms. The van der Waals surface area contributed by atoms with Crippen molar-refractivity contribution < 1.29 is 57.3 Å². The Morgan fingerprint density at radius 3 is 1.95 bits per heavy atom. The van der Waals surface area contributed by atoms with E-state index in [9.17, 15) is 14.7 Å². The summed E-state index contributed by atoms with van der Waals surface area (Å²) >= 11 is 0. The molecule has 2 spiro atoms. The van der Waals surface area contributed by atoms with Crippen LogP contribution in [-0.4, -0.2) is 158 Å². The average Bonchev–Trinajstić information content (AvgIpc) is 4.17. The molecular formula is C45H70N2O12. The Bertz CT molecular complexity index is 1630. The Kier molecular flexibility index (Phi) is 11.8. The number of allylic oxidation sites excluding steroid dienone is 2. The van der Waals surface area contributed by atoms with E-state index in [0.717, 1.165) is 25.7 Å². The normalized spacial score (nSPS) is 43.4. The first-order valence-electron chi connectivity index (χ1n) is 22.2. The summed E-state index contributed by atoms with van der Waals surface area (Å²) in [6.07, 6.45) is 8.06. The van der Waals surface area contributed by atoms with Gasteiger partial charge < -0.3 is 57.5 Å². The van der Waals surface area contributed by atoms with Crippen molar-refractivity contribution in [3.05, 3.63) is 23.3 Å². The molecule has 2 aliphatic carbocycles. The second kappa shape index (κ2) is 16.1. The lowest BCUT2D eigenvalue weighted by molar-refractivity contribution is -0.137. The molecule has 2 saturated carbocycles. The van der Waals surface area contributed by atoms with Gasteiger partial charge in [-0.2, -0.15) is 0 Å². The number of ether oxygens (including phenoxy) is 9. The van der Waals surface area contributed by atoms with Gasteiger partial charge in [-0.05, 0) is 106 Å². The molecule has 0 bridgehead atoms. The van der Waals surface area contributed by atoms with Crippen LogP contribution in [0.2, 0.25) is 0 Å². The van der Waals surface area contributed by atoms with E-state index < -0.39 is 46.8 Å². The monoisotopic (exact) mass is 830 g/mol. The summed E-state index contributed by atoms with van der Waals surface area (Å²) in [6, 6.07) is -0.312. The second-order valence-electron chi connectivity index (χ2n) is 20.0. The average molecular weight is 831 g/mol. The van der Waals surface area contributed by atoms with Crippen molar-refractivity contribution in [3.63, 3.8) is 0 Å². The molecule has 4 unspecified atom stereocenters. The molecule has 0 radical (unpaired) electrons. The molecule has 8 aliphatic rings. The van der Waals surface area contributed by atoms with E-state index >= 15 is 0 Å². The van der Waals surface area contributed by atoms with Gasteiger partial charge in [0.1, 0.15) is 46.8 Å².